The lowest BCUT2D eigenvalue weighted by Gasteiger charge is -2.26. The largest absolute Gasteiger partial charge is 0.545 e. The topological polar surface area (TPSA) is 111 Å². The molecular formula is C52H97NO8. The summed E-state index contributed by atoms with van der Waals surface area (Å²) in [6.07, 6.45) is 46.3. The van der Waals surface area contributed by atoms with Gasteiger partial charge in [0, 0.05) is 12.8 Å². The molecule has 0 bridgehead atoms. The van der Waals surface area contributed by atoms with Crippen molar-refractivity contribution in [3.8, 4) is 0 Å². The van der Waals surface area contributed by atoms with Crippen LogP contribution in [0.3, 0.4) is 0 Å². The van der Waals surface area contributed by atoms with Gasteiger partial charge in [-0.1, -0.05) is 179 Å². The van der Waals surface area contributed by atoms with Gasteiger partial charge in [-0.15, -0.1) is 0 Å². The Labute approximate surface area is 376 Å². The van der Waals surface area contributed by atoms with Gasteiger partial charge in [-0.3, -0.25) is 9.59 Å². The summed E-state index contributed by atoms with van der Waals surface area (Å²) >= 11 is 0. The summed E-state index contributed by atoms with van der Waals surface area (Å²) in [7, 11) is 5.92. The molecule has 0 aromatic heterocycles. The third-order valence-electron chi connectivity index (χ3n) is 11.2. The molecule has 0 radical (unpaired) electrons. The summed E-state index contributed by atoms with van der Waals surface area (Å²) in [5.41, 5.74) is 0. The van der Waals surface area contributed by atoms with E-state index in [0.29, 0.717) is 17.4 Å². The van der Waals surface area contributed by atoms with E-state index in [0.717, 1.165) is 44.9 Å². The first-order valence-electron chi connectivity index (χ1n) is 25.5. The van der Waals surface area contributed by atoms with Crippen LogP contribution in [0.15, 0.2) is 24.3 Å². The predicted octanol–water partition coefficient (Wildman–Crippen LogP) is 12.7. The zero-order valence-corrected chi connectivity index (χ0v) is 40.5. The molecule has 61 heavy (non-hydrogen) atoms. The average molecular weight is 864 g/mol. The van der Waals surface area contributed by atoms with Crippen molar-refractivity contribution in [1.29, 1.82) is 0 Å². The van der Waals surface area contributed by atoms with Gasteiger partial charge >= 0.3 is 11.9 Å². The van der Waals surface area contributed by atoms with Gasteiger partial charge < -0.3 is 33.3 Å². The van der Waals surface area contributed by atoms with E-state index in [2.05, 4.69) is 38.2 Å². The number of allylic oxidation sites excluding steroid dienone is 4. The van der Waals surface area contributed by atoms with Crippen molar-refractivity contribution < 1.29 is 42.9 Å². The number of carboxylic acid groups (broad SMARTS) is 1. The second-order valence-corrected chi connectivity index (χ2v) is 18.5. The lowest BCUT2D eigenvalue weighted by molar-refractivity contribution is -0.870. The minimum atomic E-state index is -1.62. The standard InChI is InChI=1S/C52H97NO8/c1-6-8-10-12-14-16-18-20-22-24-26-28-30-32-34-36-38-40-42-49(54)59-46-48(47-60-52(51(56)57)58-45-44-53(3,4)5)61-50(55)43-41-39-37-35-33-31-29-27-25-23-21-19-17-15-13-11-9-7-2/h22-25,48,52H,6-21,26-47H2,1-5H3/b24-22-,25-23-. The number of quaternary nitrogens is 1. The molecule has 0 rings (SSSR count). The fraction of sp³-hybridized carbons (Fsp3) is 0.865. The van der Waals surface area contributed by atoms with Gasteiger partial charge in [-0.25, -0.2) is 0 Å². The number of aliphatic carboxylic acids is 1. The fourth-order valence-corrected chi connectivity index (χ4v) is 7.17. The Kier molecular flexibility index (Phi) is 42.8. The Hall–Kier alpha value is -2.23. The minimum Gasteiger partial charge on any atom is -0.545 e. The molecule has 0 saturated heterocycles. The lowest BCUT2D eigenvalue weighted by atomic mass is 10.1. The van der Waals surface area contributed by atoms with E-state index in [-0.39, 0.29) is 38.6 Å². The van der Waals surface area contributed by atoms with Crippen molar-refractivity contribution in [2.45, 2.75) is 245 Å². The highest BCUT2D eigenvalue weighted by Crippen LogP contribution is 2.15. The van der Waals surface area contributed by atoms with Gasteiger partial charge in [0.25, 0.3) is 0 Å². The lowest BCUT2D eigenvalue weighted by Crippen LogP contribution is -2.44. The van der Waals surface area contributed by atoms with Crippen LogP contribution in [0.25, 0.3) is 0 Å². The van der Waals surface area contributed by atoms with Gasteiger partial charge in [-0.05, 0) is 64.2 Å². The van der Waals surface area contributed by atoms with Crippen LogP contribution in [-0.4, -0.2) is 82.3 Å². The number of carboxylic acids is 1. The van der Waals surface area contributed by atoms with Crippen LogP contribution in [0, 0.1) is 0 Å². The molecule has 0 heterocycles. The molecule has 0 aromatic carbocycles. The minimum absolute atomic E-state index is 0.148. The smallest absolute Gasteiger partial charge is 0.306 e. The Morgan fingerprint density at radius 1 is 0.475 bits per heavy atom. The number of nitrogens with zero attached hydrogens (tertiary/aromatic N) is 1. The summed E-state index contributed by atoms with van der Waals surface area (Å²) in [6, 6.07) is 0. The maximum Gasteiger partial charge on any atom is 0.306 e. The molecule has 9 nitrogen and oxygen atoms in total. The van der Waals surface area contributed by atoms with E-state index in [1.165, 1.54) is 154 Å². The fourth-order valence-electron chi connectivity index (χ4n) is 7.17. The normalized spacial score (nSPS) is 13.0. The molecule has 9 heteroatoms. The number of rotatable bonds is 47. The van der Waals surface area contributed by atoms with Crippen LogP contribution < -0.4 is 5.11 Å². The summed E-state index contributed by atoms with van der Waals surface area (Å²) in [6.45, 7) is 4.75. The zero-order chi connectivity index (χ0) is 44.9. The van der Waals surface area contributed by atoms with Crippen molar-refractivity contribution in [2.24, 2.45) is 0 Å². The monoisotopic (exact) mass is 864 g/mol. The molecular weight excluding hydrogens is 767 g/mol. The van der Waals surface area contributed by atoms with E-state index in [1.807, 2.05) is 21.1 Å². The Morgan fingerprint density at radius 2 is 0.836 bits per heavy atom. The maximum atomic E-state index is 12.8. The number of hydrogen-bond donors (Lipinski definition) is 0. The van der Waals surface area contributed by atoms with Crippen molar-refractivity contribution in [3.05, 3.63) is 24.3 Å². The highest BCUT2D eigenvalue weighted by atomic mass is 16.7. The van der Waals surface area contributed by atoms with Crippen LogP contribution in [0.2, 0.25) is 0 Å². The highest BCUT2D eigenvalue weighted by molar-refractivity contribution is 5.70. The second-order valence-electron chi connectivity index (χ2n) is 18.5. The average Bonchev–Trinajstić information content (AvgIpc) is 3.22. The predicted molar refractivity (Wildman–Crippen MR) is 251 cm³/mol. The second kappa shape index (κ2) is 44.4. The SMILES string of the molecule is CCCCCCCCC/C=C\CCCCCCCCCC(=O)OCC(COC(OCC[N+](C)(C)C)C(=O)[O-])OC(=O)CCCCCCCCC/C=C\CCCCCCCCC. The van der Waals surface area contributed by atoms with Crippen LogP contribution in [-0.2, 0) is 33.3 Å². The number of likely N-dealkylation sites (N-methyl/N-ethyl adjacent to an activating group) is 1. The molecule has 0 aliphatic rings. The Balaban J connectivity index is 4.35. The van der Waals surface area contributed by atoms with Crippen LogP contribution in [0.5, 0.6) is 0 Å². The van der Waals surface area contributed by atoms with E-state index in [1.54, 1.807) is 0 Å². The van der Waals surface area contributed by atoms with Gasteiger partial charge in [0.05, 0.1) is 40.3 Å². The number of unbranched alkanes of at least 4 members (excludes halogenated alkanes) is 28. The number of esters is 2. The number of carbonyl (C=O) groups is 3. The molecule has 0 aromatic rings. The van der Waals surface area contributed by atoms with Crippen LogP contribution >= 0.6 is 0 Å². The van der Waals surface area contributed by atoms with E-state index < -0.39 is 24.3 Å². The van der Waals surface area contributed by atoms with Gasteiger partial charge in [-0.2, -0.15) is 0 Å². The van der Waals surface area contributed by atoms with E-state index in [9.17, 15) is 19.5 Å². The third kappa shape index (κ3) is 45.6. The van der Waals surface area contributed by atoms with Crippen molar-refractivity contribution >= 4 is 17.9 Å². The maximum absolute atomic E-state index is 12.8. The molecule has 358 valence electrons. The number of carbonyl (C=O) groups excluding carboxylic acids is 3. The highest BCUT2D eigenvalue weighted by Gasteiger charge is 2.22. The van der Waals surface area contributed by atoms with E-state index >= 15 is 0 Å². The summed E-state index contributed by atoms with van der Waals surface area (Å²) in [5.74, 6) is -2.28. The Morgan fingerprint density at radius 3 is 1.21 bits per heavy atom. The summed E-state index contributed by atoms with van der Waals surface area (Å²) in [4.78, 5) is 37.1. The molecule has 0 N–H and O–H groups in total. The first kappa shape index (κ1) is 58.8. The van der Waals surface area contributed by atoms with Gasteiger partial charge in [0.2, 0.25) is 0 Å². The molecule has 2 unspecified atom stereocenters. The number of ether oxygens (including phenoxy) is 4. The first-order valence-corrected chi connectivity index (χ1v) is 25.5. The molecule has 0 fully saturated rings. The molecule has 0 amide bonds. The first-order chi connectivity index (χ1) is 29.6. The van der Waals surface area contributed by atoms with E-state index in [4.69, 9.17) is 18.9 Å². The quantitative estimate of drug-likeness (QED) is 0.0195. The van der Waals surface area contributed by atoms with Crippen molar-refractivity contribution in [1.82, 2.24) is 0 Å². The Bertz CT molecular complexity index is 1050. The van der Waals surface area contributed by atoms with Crippen molar-refractivity contribution in [2.75, 3.05) is 47.5 Å². The molecule has 0 saturated carbocycles. The van der Waals surface area contributed by atoms with Crippen LogP contribution in [0.4, 0.5) is 0 Å². The molecule has 0 aliphatic heterocycles. The summed E-state index contributed by atoms with van der Waals surface area (Å²) < 4.78 is 22.6. The summed E-state index contributed by atoms with van der Waals surface area (Å²) in [5, 5.41) is 11.7. The molecule has 0 spiro atoms. The number of hydrogen-bond acceptors (Lipinski definition) is 8. The zero-order valence-electron chi connectivity index (χ0n) is 40.5. The van der Waals surface area contributed by atoms with Gasteiger partial charge in [0.1, 0.15) is 13.2 Å². The van der Waals surface area contributed by atoms with Gasteiger partial charge in [0.15, 0.2) is 12.4 Å². The molecule has 2 atom stereocenters. The van der Waals surface area contributed by atoms with Crippen LogP contribution in [0.1, 0.15) is 232 Å². The third-order valence-corrected chi connectivity index (χ3v) is 11.2. The molecule has 0 aliphatic carbocycles. The van der Waals surface area contributed by atoms with Crippen molar-refractivity contribution in [3.63, 3.8) is 0 Å².